The average Bonchev–Trinajstić information content (AvgIpc) is 2.91. The number of aromatic nitrogens is 1. The monoisotopic (exact) mass is 255 g/mol. The van der Waals surface area contributed by atoms with Crippen LogP contribution in [0.4, 0.5) is 0 Å². The molecule has 0 saturated heterocycles. The van der Waals surface area contributed by atoms with Gasteiger partial charge in [0.15, 0.2) is 5.78 Å². The SMILES string of the molecule is Cc1oc(C)c(C(=O)C2CCc3cccnc32)c1C. The number of hydrogen-bond donors (Lipinski definition) is 0. The molecule has 3 rings (SSSR count). The highest BCUT2D eigenvalue weighted by atomic mass is 16.3. The number of carbonyl (C=O) groups excluding carboxylic acids is 1. The molecule has 19 heavy (non-hydrogen) atoms. The molecule has 3 heteroatoms. The van der Waals surface area contributed by atoms with Gasteiger partial charge in [-0.3, -0.25) is 9.78 Å². The lowest BCUT2D eigenvalue weighted by Gasteiger charge is -2.09. The lowest BCUT2D eigenvalue weighted by molar-refractivity contribution is 0.0956. The first-order chi connectivity index (χ1) is 9.09. The zero-order valence-electron chi connectivity index (χ0n) is 11.5. The maximum Gasteiger partial charge on any atom is 0.175 e. The van der Waals surface area contributed by atoms with Crippen LogP contribution in [0.2, 0.25) is 0 Å². The highest BCUT2D eigenvalue weighted by molar-refractivity contribution is 6.03. The molecule has 2 heterocycles. The Labute approximate surface area is 112 Å². The van der Waals surface area contributed by atoms with Crippen LogP contribution < -0.4 is 0 Å². The molecule has 0 radical (unpaired) electrons. The van der Waals surface area contributed by atoms with E-state index >= 15 is 0 Å². The number of hydrogen-bond acceptors (Lipinski definition) is 3. The molecular formula is C16H17NO2. The molecule has 0 aromatic carbocycles. The molecule has 2 aromatic rings. The van der Waals surface area contributed by atoms with E-state index in [1.807, 2.05) is 26.8 Å². The Morgan fingerprint density at radius 1 is 1.32 bits per heavy atom. The zero-order chi connectivity index (χ0) is 13.6. The van der Waals surface area contributed by atoms with Crippen molar-refractivity contribution in [3.8, 4) is 0 Å². The van der Waals surface area contributed by atoms with Crippen LogP contribution in [0.5, 0.6) is 0 Å². The summed E-state index contributed by atoms with van der Waals surface area (Å²) in [6.45, 7) is 5.72. The van der Waals surface area contributed by atoms with Crippen LogP contribution in [0.1, 0.15) is 51.0 Å². The summed E-state index contributed by atoms with van der Waals surface area (Å²) in [5.41, 5.74) is 3.87. The van der Waals surface area contributed by atoms with Gasteiger partial charge in [-0.25, -0.2) is 0 Å². The molecule has 1 unspecified atom stereocenters. The summed E-state index contributed by atoms with van der Waals surface area (Å²) in [4.78, 5) is 17.2. The Kier molecular flexibility index (Phi) is 2.77. The van der Waals surface area contributed by atoms with Crippen molar-refractivity contribution in [2.75, 3.05) is 0 Å². The highest BCUT2D eigenvalue weighted by Gasteiger charge is 2.33. The minimum Gasteiger partial charge on any atom is -0.466 e. The fraction of sp³-hybridized carbons (Fsp3) is 0.375. The lowest BCUT2D eigenvalue weighted by Crippen LogP contribution is -2.13. The van der Waals surface area contributed by atoms with E-state index in [4.69, 9.17) is 4.42 Å². The Morgan fingerprint density at radius 2 is 2.11 bits per heavy atom. The summed E-state index contributed by atoms with van der Waals surface area (Å²) >= 11 is 0. The van der Waals surface area contributed by atoms with E-state index in [-0.39, 0.29) is 11.7 Å². The van der Waals surface area contributed by atoms with Gasteiger partial charge in [-0.05, 0) is 45.2 Å². The van der Waals surface area contributed by atoms with Crippen molar-refractivity contribution in [2.24, 2.45) is 0 Å². The van der Waals surface area contributed by atoms with Crippen molar-refractivity contribution in [1.29, 1.82) is 0 Å². The molecular weight excluding hydrogens is 238 g/mol. The fourth-order valence-electron chi connectivity index (χ4n) is 3.00. The first-order valence-corrected chi connectivity index (χ1v) is 6.64. The molecule has 0 saturated carbocycles. The summed E-state index contributed by atoms with van der Waals surface area (Å²) in [6, 6.07) is 4.00. The average molecular weight is 255 g/mol. The molecule has 2 aromatic heterocycles. The number of nitrogens with zero attached hydrogens (tertiary/aromatic N) is 1. The van der Waals surface area contributed by atoms with E-state index in [0.717, 1.165) is 41.2 Å². The lowest BCUT2D eigenvalue weighted by atomic mass is 9.93. The van der Waals surface area contributed by atoms with Crippen LogP contribution in [0.3, 0.4) is 0 Å². The second kappa shape index (κ2) is 4.34. The molecule has 1 aliphatic rings. The Bertz CT molecular complexity index is 655. The third-order valence-corrected chi connectivity index (χ3v) is 4.08. The fourth-order valence-corrected chi connectivity index (χ4v) is 3.00. The number of rotatable bonds is 2. The van der Waals surface area contributed by atoms with Gasteiger partial charge >= 0.3 is 0 Å². The van der Waals surface area contributed by atoms with Gasteiger partial charge in [-0.15, -0.1) is 0 Å². The standard InChI is InChI=1S/C16H17NO2/c1-9-10(2)19-11(3)14(9)16(18)13-7-6-12-5-4-8-17-15(12)13/h4-5,8,13H,6-7H2,1-3H3. The molecule has 0 fully saturated rings. The van der Waals surface area contributed by atoms with Crippen molar-refractivity contribution in [1.82, 2.24) is 4.98 Å². The summed E-state index contributed by atoms with van der Waals surface area (Å²) in [7, 11) is 0. The summed E-state index contributed by atoms with van der Waals surface area (Å²) in [5, 5.41) is 0. The van der Waals surface area contributed by atoms with Gasteiger partial charge in [0.2, 0.25) is 0 Å². The molecule has 3 nitrogen and oxygen atoms in total. The molecule has 98 valence electrons. The Balaban J connectivity index is 2.03. The van der Waals surface area contributed by atoms with E-state index in [1.165, 1.54) is 5.56 Å². The summed E-state index contributed by atoms with van der Waals surface area (Å²) < 4.78 is 5.57. The number of furan rings is 1. The third kappa shape index (κ3) is 1.81. The van der Waals surface area contributed by atoms with E-state index in [1.54, 1.807) is 6.20 Å². The molecule has 0 aliphatic heterocycles. The van der Waals surface area contributed by atoms with Gasteiger partial charge < -0.3 is 4.42 Å². The Hall–Kier alpha value is -1.90. The number of carbonyl (C=O) groups is 1. The quantitative estimate of drug-likeness (QED) is 0.771. The largest absolute Gasteiger partial charge is 0.466 e. The van der Waals surface area contributed by atoms with E-state index in [0.29, 0.717) is 0 Å². The molecule has 1 aliphatic carbocycles. The molecule has 0 amide bonds. The molecule has 0 N–H and O–H groups in total. The number of pyridine rings is 1. The van der Waals surface area contributed by atoms with Gasteiger partial charge in [-0.2, -0.15) is 0 Å². The van der Waals surface area contributed by atoms with E-state index in [9.17, 15) is 4.79 Å². The predicted octanol–water partition coefficient (Wildman–Crippen LogP) is 3.51. The van der Waals surface area contributed by atoms with E-state index in [2.05, 4.69) is 11.1 Å². The minimum atomic E-state index is -0.106. The maximum absolute atomic E-state index is 12.8. The third-order valence-electron chi connectivity index (χ3n) is 4.08. The van der Waals surface area contributed by atoms with Crippen molar-refractivity contribution in [3.63, 3.8) is 0 Å². The number of Topliss-reactive ketones (excluding diaryl/α,β-unsaturated/α-hetero) is 1. The molecule has 0 spiro atoms. The van der Waals surface area contributed by atoms with Gasteiger partial charge in [0.05, 0.1) is 17.2 Å². The number of fused-ring (bicyclic) bond motifs is 1. The van der Waals surface area contributed by atoms with Gasteiger partial charge in [0.1, 0.15) is 11.5 Å². The van der Waals surface area contributed by atoms with Gasteiger partial charge in [0.25, 0.3) is 0 Å². The molecule has 1 atom stereocenters. The molecule has 0 bridgehead atoms. The zero-order valence-corrected chi connectivity index (χ0v) is 11.5. The van der Waals surface area contributed by atoms with Crippen LogP contribution in [0, 0.1) is 20.8 Å². The maximum atomic E-state index is 12.8. The van der Waals surface area contributed by atoms with Gasteiger partial charge in [0, 0.05) is 11.8 Å². The van der Waals surface area contributed by atoms with Crippen LogP contribution in [-0.2, 0) is 6.42 Å². The van der Waals surface area contributed by atoms with Crippen LogP contribution >= 0.6 is 0 Å². The topological polar surface area (TPSA) is 43.1 Å². The number of ketones is 1. The number of aryl methyl sites for hydroxylation is 3. The van der Waals surface area contributed by atoms with Crippen molar-refractivity contribution in [2.45, 2.75) is 39.5 Å². The van der Waals surface area contributed by atoms with Crippen LogP contribution in [0.25, 0.3) is 0 Å². The smallest absolute Gasteiger partial charge is 0.175 e. The van der Waals surface area contributed by atoms with Crippen molar-refractivity contribution >= 4 is 5.78 Å². The van der Waals surface area contributed by atoms with Crippen molar-refractivity contribution in [3.05, 3.63) is 52.2 Å². The summed E-state index contributed by atoms with van der Waals surface area (Å²) in [5.74, 6) is 1.61. The second-order valence-electron chi connectivity index (χ2n) is 5.22. The predicted molar refractivity (Wildman–Crippen MR) is 72.5 cm³/mol. The van der Waals surface area contributed by atoms with E-state index < -0.39 is 0 Å². The summed E-state index contributed by atoms with van der Waals surface area (Å²) in [6.07, 6.45) is 3.56. The van der Waals surface area contributed by atoms with Crippen LogP contribution in [0.15, 0.2) is 22.7 Å². The van der Waals surface area contributed by atoms with Gasteiger partial charge in [-0.1, -0.05) is 6.07 Å². The highest BCUT2D eigenvalue weighted by Crippen LogP contribution is 2.36. The normalized spacial score (nSPS) is 17.5. The van der Waals surface area contributed by atoms with Crippen LogP contribution in [-0.4, -0.2) is 10.8 Å². The Morgan fingerprint density at radius 3 is 2.79 bits per heavy atom. The second-order valence-corrected chi connectivity index (χ2v) is 5.22. The first kappa shape index (κ1) is 12.2. The minimum absolute atomic E-state index is 0.106. The van der Waals surface area contributed by atoms with Crippen molar-refractivity contribution < 1.29 is 9.21 Å². The first-order valence-electron chi connectivity index (χ1n) is 6.64.